The van der Waals surface area contributed by atoms with Crippen molar-refractivity contribution in [3.05, 3.63) is 30.3 Å². The Hall–Kier alpha value is -1.88. The molecule has 3 aliphatic rings. The van der Waals surface area contributed by atoms with Crippen molar-refractivity contribution in [2.45, 2.75) is 18.9 Å². The van der Waals surface area contributed by atoms with Gasteiger partial charge in [-0.1, -0.05) is 0 Å². The maximum Gasteiger partial charge on any atom is 0.287 e. The molecule has 3 saturated heterocycles. The maximum atomic E-state index is 12.3. The number of furan rings is 1. The molecule has 3 fully saturated rings. The van der Waals surface area contributed by atoms with Gasteiger partial charge in [0.2, 0.25) is 0 Å². The van der Waals surface area contributed by atoms with Crippen molar-refractivity contribution in [3.63, 3.8) is 0 Å². The van der Waals surface area contributed by atoms with E-state index in [0.29, 0.717) is 17.3 Å². The first kappa shape index (κ1) is 11.9. The first-order valence-corrected chi connectivity index (χ1v) is 7.16. The molecule has 1 unspecified atom stereocenters. The van der Waals surface area contributed by atoms with Gasteiger partial charge in [-0.2, -0.15) is 0 Å². The molecule has 0 spiro atoms. The summed E-state index contributed by atoms with van der Waals surface area (Å²) in [6, 6.07) is 3.80. The molecule has 0 aromatic carbocycles. The van der Waals surface area contributed by atoms with Gasteiger partial charge < -0.3 is 14.6 Å². The second-order valence-electron chi connectivity index (χ2n) is 5.74. The van der Waals surface area contributed by atoms with Gasteiger partial charge in [-0.3, -0.25) is 9.78 Å². The standard InChI is InChI=1S/C15H17N3O2/c19-15(14-7-11-8-16-4-1-13(11)20-14)17-12-9-18-5-2-10(12)3-6-18/h1,4,7-8,10,12H,2-3,5-6,9H2,(H,17,19). The van der Waals surface area contributed by atoms with Gasteiger partial charge in [0.1, 0.15) is 5.58 Å². The second kappa shape index (κ2) is 4.59. The zero-order chi connectivity index (χ0) is 13.5. The van der Waals surface area contributed by atoms with Crippen molar-refractivity contribution in [2.24, 2.45) is 5.92 Å². The van der Waals surface area contributed by atoms with Gasteiger partial charge in [0.05, 0.1) is 0 Å². The molecule has 3 aliphatic heterocycles. The summed E-state index contributed by atoms with van der Waals surface area (Å²) in [7, 11) is 0. The van der Waals surface area contributed by atoms with Crippen LogP contribution in [-0.2, 0) is 0 Å². The Morgan fingerprint density at radius 3 is 2.95 bits per heavy atom. The third-order valence-electron chi connectivity index (χ3n) is 4.51. The van der Waals surface area contributed by atoms with Crippen LogP contribution < -0.4 is 5.32 Å². The van der Waals surface area contributed by atoms with Crippen molar-refractivity contribution < 1.29 is 9.21 Å². The minimum Gasteiger partial charge on any atom is -0.451 e. The lowest BCUT2D eigenvalue weighted by Gasteiger charge is -2.44. The lowest BCUT2D eigenvalue weighted by atomic mass is 9.84. The summed E-state index contributed by atoms with van der Waals surface area (Å²) in [5.74, 6) is 0.888. The lowest BCUT2D eigenvalue weighted by Crippen LogP contribution is -2.57. The lowest BCUT2D eigenvalue weighted by molar-refractivity contribution is 0.0607. The Morgan fingerprint density at radius 1 is 1.40 bits per heavy atom. The normalized spacial score (nSPS) is 28.7. The van der Waals surface area contributed by atoms with Gasteiger partial charge in [-0.15, -0.1) is 0 Å². The molecule has 2 aromatic rings. The van der Waals surface area contributed by atoms with E-state index >= 15 is 0 Å². The summed E-state index contributed by atoms with van der Waals surface area (Å²) < 4.78 is 5.59. The number of nitrogens with one attached hydrogen (secondary N) is 1. The molecule has 104 valence electrons. The molecule has 1 amide bonds. The van der Waals surface area contributed by atoms with Crippen LogP contribution in [0, 0.1) is 5.92 Å². The highest BCUT2D eigenvalue weighted by Crippen LogP contribution is 2.28. The van der Waals surface area contributed by atoms with E-state index in [1.807, 2.05) is 0 Å². The molecule has 0 saturated carbocycles. The van der Waals surface area contributed by atoms with Crippen LogP contribution in [0.5, 0.6) is 0 Å². The number of rotatable bonds is 2. The molecule has 5 rings (SSSR count). The minimum absolute atomic E-state index is 0.111. The van der Waals surface area contributed by atoms with E-state index < -0.39 is 0 Å². The topological polar surface area (TPSA) is 58.4 Å². The number of hydrogen-bond donors (Lipinski definition) is 1. The molecule has 20 heavy (non-hydrogen) atoms. The van der Waals surface area contributed by atoms with Gasteiger partial charge in [0, 0.05) is 30.4 Å². The third kappa shape index (κ3) is 1.98. The van der Waals surface area contributed by atoms with E-state index in [-0.39, 0.29) is 11.9 Å². The highest BCUT2D eigenvalue weighted by molar-refractivity contribution is 5.96. The van der Waals surface area contributed by atoms with E-state index in [1.165, 1.54) is 25.9 Å². The van der Waals surface area contributed by atoms with Crippen LogP contribution in [-0.4, -0.2) is 41.5 Å². The molecular formula is C15H17N3O2. The second-order valence-corrected chi connectivity index (χ2v) is 5.74. The fourth-order valence-electron chi connectivity index (χ4n) is 3.36. The Balaban J connectivity index is 1.52. The summed E-state index contributed by atoms with van der Waals surface area (Å²) >= 11 is 0. The van der Waals surface area contributed by atoms with E-state index in [4.69, 9.17) is 4.42 Å². The van der Waals surface area contributed by atoms with Crippen LogP contribution >= 0.6 is 0 Å². The minimum atomic E-state index is -0.111. The molecule has 2 aromatic heterocycles. The number of hydrogen-bond acceptors (Lipinski definition) is 4. The molecule has 5 nitrogen and oxygen atoms in total. The summed E-state index contributed by atoms with van der Waals surface area (Å²) in [6.07, 6.45) is 5.76. The number of pyridine rings is 1. The number of aromatic nitrogens is 1. The zero-order valence-corrected chi connectivity index (χ0v) is 11.2. The van der Waals surface area contributed by atoms with Crippen LogP contribution in [0.2, 0.25) is 0 Å². The quantitative estimate of drug-likeness (QED) is 0.902. The van der Waals surface area contributed by atoms with Gasteiger partial charge in [-0.25, -0.2) is 0 Å². The molecular weight excluding hydrogens is 254 g/mol. The average molecular weight is 271 g/mol. The molecule has 0 aliphatic carbocycles. The number of amides is 1. The van der Waals surface area contributed by atoms with Crippen molar-refractivity contribution in [1.82, 2.24) is 15.2 Å². The van der Waals surface area contributed by atoms with E-state index in [9.17, 15) is 4.79 Å². The molecule has 5 heterocycles. The summed E-state index contributed by atoms with van der Waals surface area (Å²) in [5.41, 5.74) is 0.707. The Morgan fingerprint density at radius 2 is 2.25 bits per heavy atom. The van der Waals surface area contributed by atoms with Gasteiger partial charge in [0.25, 0.3) is 5.91 Å². The number of nitrogens with zero attached hydrogens (tertiary/aromatic N) is 2. The SMILES string of the molecule is O=C(NC1CN2CCC1CC2)c1cc2cnccc2o1. The van der Waals surface area contributed by atoms with Gasteiger partial charge in [-0.05, 0) is 44.0 Å². The highest BCUT2D eigenvalue weighted by Gasteiger charge is 2.35. The highest BCUT2D eigenvalue weighted by atomic mass is 16.3. The van der Waals surface area contributed by atoms with Crippen molar-refractivity contribution in [2.75, 3.05) is 19.6 Å². The van der Waals surface area contributed by atoms with Crippen LogP contribution in [0.1, 0.15) is 23.4 Å². The Kier molecular flexibility index (Phi) is 2.73. The smallest absolute Gasteiger partial charge is 0.287 e. The largest absolute Gasteiger partial charge is 0.451 e. The first-order chi connectivity index (χ1) is 9.79. The van der Waals surface area contributed by atoms with Crippen LogP contribution in [0.4, 0.5) is 0 Å². The average Bonchev–Trinajstić information content (AvgIpc) is 2.92. The van der Waals surface area contributed by atoms with Gasteiger partial charge in [0.15, 0.2) is 5.76 Å². The number of carbonyl (C=O) groups is 1. The Labute approximate surface area is 117 Å². The van der Waals surface area contributed by atoms with Crippen molar-refractivity contribution >= 4 is 16.9 Å². The number of carbonyl (C=O) groups excluding carboxylic acids is 1. The van der Waals surface area contributed by atoms with Crippen LogP contribution in [0.3, 0.4) is 0 Å². The van der Waals surface area contributed by atoms with Crippen LogP contribution in [0.25, 0.3) is 11.0 Å². The third-order valence-corrected chi connectivity index (χ3v) is 4.51. The first-order valence-electron chi connectivity index (χ1n) is 7.16. The number of piperidine rings is 3. The molecule has 0 radical (unpaired) electrons. The Bertz CT molecular complexity index is 610. The molecule has 1 N–H and O–H groups in total. The van der Waals surface area contributed by atoms with Crippen molar-refractivity contribution in [3.8, 4) is 0 Å². The fourth-order valence-corrected chi connectivity index (χ4v) is 3.36. The van der Waals surface area contributed by atoms with E-state index in [1.54, 1.807) is 24.5 Å². The zero-order valence-electron chi connectivity index (χ0n) is 11.2. The fraction of sp³-hybridized carbons (Fsp3) is 0.467. The summed E-state index contributed by atoms with van der Waals surface area (Å²) in [6.45, 7) is 3.32. The van der Waals surface area contributed by atoms with Crippen molar-refractivity contribution in [1.29, 1.82) is 0 Å². The number of fused-ring (bicyclic) bond motifs is 4. The van der Waals surface area contributed by atoms with E-state index in [2.05, 4.69) is 15.2 Å². The molecule has 2 bridgehead atoms. The van der Waals surface area contributed by atoms with Gasteiger partial charge >= 0.3 is 0 Å². The van der Waals surface area contributed by atoms with Crippen LogP contribution in [0.15, 0.2) is 28.9 Å². The monoisotopic (exact) mass is 271 g/mol. The summed E-state index contributed by atoms with van der Waals surface area (Å²) in [5, 5.41) is 4.00. The molecule has 5 heteroatoms. The summed E-state index contributed by atoms with van der Waals surface area (Å²) in [4.78, 5) is 18.8. The molecule has 1 atom stereocenters. The predicted molar refractivity (Wildman–Crippen MR) is 74.4 cm³/mol. The van der Waals surface area contributed by atoms with E-state index in [0.717, 1.165) is 11.9 Å². The predicted octanol–water partition coefficient (Wildman–Crippen LogP) is 1.65. The maximum absolute atomic E-state index is 12.3.